The van der Waals surface area contributed by atoms with Crippen LogP contribution < -0.4 is 14.8 Å². The van der Waals surface area contributed by atoms with Crippen molar-refractivity contribution in [2.75, 3.05) is 32.2 Å². The molecule has 142 valence electrons. The predicted octanol–water partition coefficient (Wildman–Crippen LogP) is 4.52. The van der Waals surface area contributed by atoms with E-state index in [1.807, 2.05) is 44.2 Å². The van der Waals surface area contributed by atoms with Gasteiger partial charge in [-0.25, -0.2) is 4.79 Å². The molecule has 0 aromatic heterocycles. The molecule has 2 aromatic rings. The van der Waals surface area contributed by atoms with E-state index in [1.165, 1.54) is 7.11 Å². The topological polar surface area (TPSA) is 56.8 Å². The average Bonchev–Trinajstić information content (AvgIpc) is 2.91. The fraction of sp³-hybridized carbons (Fsp3) is 0.318. The van der Waals surface area contributed by atoms with Gasteiger partial charge in [-0.05, 0) is 67.3 Å². The number of methoxy groups -OCH3 is 1. The highest BCUT2D eigenvalue weighted by atomic mass is 16.5. The largest absolute Gasteiger partial charge is 0.490 e. The van der Waals surface area contributed by atoms with Crippen molar-refractivity contribution in [1.29, 1.82) is 0 Å². The average molecular weight is 367 g/mol. The molecule has 0 amide bonds. The lowest BCUT2D eigenvalue weighted by Gasteiger charge is -2.14. The van der Waals surface area contributed by atoms with E-state index in [0.717, 1.165) is 33.9 Å². The summed E-state index contributed by atoms with van der Waals surface area (Å²) in [7, 11) is 1.41. The van der Waals surface area contributed by atoms with Gasteiger partial charge in [-0.2, -0.15) is 0 Å². The highest BCUT2D eigenvalue weighted by Gasteiger charge is 2.15. The molecule has 0 unspecified atom stereocenters. The molecule has 0 fully saturated rings. The van der Waals surface area contributed by atoms with Crippen LogP contribution in [-0.2, 0) is 9.53 Å². The molecule has 1 aliphatic rings. The number of hydrogen-bond donors (Lipinski definition) is 1. The highest BCUT2D eigenvalue weighted by Crippen LogP contribution is 2.35. The molecule has 0 spiro atoms. The summed E-state index contributed by atoms with van der Waals surface area (Å²) in [5.41, 5.74) is 4.72. The summed E-state index contributed by atoms with van der Waals surface area (Å²) in [6.07, 6.45) is 2.54. The van der Waals surface area contributed by atoms with Crippen LogP contribution in [0.25, 0.3) is 17.2 Å². The summed E-state index contributed by atoms with van der Waals surface area (Å²) in [5.74, 6) is 1.19. The summed E-state index contributed by atoms with van der Waals surface area (Å²) >= 11 is 0. The van der Waals surface area contributed by atoms with Crippen molar-refractivity contribution in [2.24, 2.45) is 0 Å². The molecule has 0 saturated carbocycles. The minimum Gasteiger partial charge on any atom is -0.490 e. The molecule has 0 saturated heterocycles. The lowest BCUT2D eigenvalue weighted by molar-refractivity contribution is -0.136. The third-order valence-electron chi connectivity index (χ3n) is 4.42. The molecule has 0 atom stereocenters. The molecule has 1 aliphatic heterocycles. The van der Waals surface area contributed by atoms with Gasteiger partial charge in [0, 0.05) is 17.8 Å². The van der Waals surface area contributed by atoms with Crippen molar-refractivity contribution < 1.29 is 19.0 Å². The molecular weight excluding hydrogens is 342 g/mol. The van der Waals surface area contributed by atoms with Crippen molar-refractivity contribution in [1.82, 2.24) is 0 Å². The van der Waals surface area contributed by atoms with E-state index in [0.29, 0.717) is 31.8 Å². The maximum atomic E-state index is 12.0. The fourth-order valence-corrected chi connectivity index (χ4v) is 3.14. The lowest BCUT2D eigenvalue weighted by atomic mass is 10.00. The van der Waals surface area contributed by atoms with Crippen LogP contribution in [0, 0.1) is 0 Å². The Morgan fingerprint density at radius 3 is 2.44 bits per heavy atom. The molecular formula is C22H25NO4. The van der Waals surface area contributed by atoms with Crippen LogP contribution in [0.5, 0.6) is 11.5 Å². The van der Waals surface area contributed by atoms with E-state index < -0.39 is 0 Å². The molecule has 0 radical (unpaired) electrons. The van der Waals surface area contributed by atoms with Crippen molar-refractivity contribution in [3.05, 3.63) is 47.5 Å². The number of benzene rings is 2. The zero-order valence-corrected chi connectivity index (χ0v) is 16.0. The van der Waals surface area contributed by atoms with Gasteiger partial charge in [-0.15, -0.1) is 0 Å². The van der Waals surface area contributed by atoms with Crippen LogP contribution in [0.15, 0.2) is 42.0 Å². The minimum atomic E-state index is -0.283. The first-order valence-corrected chi connectivity index (χ1v) is 9.23. The van der Waals surface area contributed by atoms with Crippen LogP contribution in [0.1, 0.15) is 25.8 Å². The third-order valence-corrected chi connectivity index (χ3v) is 4.42. The molecule has 2 aromatic carbocycles. The number of carbonyl (C=O) groups excluding carboxylic acids is 1. The van der Waals surface area contributed by atoms with Gasteiger partial charge in [0.1, 0.15) is 0 Å². The standard InChI is InChI=1S/C22H25NO4/c1-4-26-20-9-7-16(14-21(20)27-5-2)15-6-8-19-18(12-15)13-17(10-11-23-19)22(24)25-3/h6-9,12-14,23H,4-5,10-11H2,1-3H3. The number of ether oxygens (including phenoxy) is 3. The van der Waals surface area contributed by atoms with Crippen LogP contribution in [0.2, 0.25) is 0 Å². The van der Waals surface area contributed by atoms with Gasteiger partial charge in [0.2, 0.25) is 0 Å². The maximum absolute atomic E-state index is 12.0. The van der Waals surface area contributed by atoms with Gasteiger partial charge in [0.05, 0.1) is 20.3 Å². The van der Waals surface area contributed by atoms with Gasteiger partial charge in [-0.1, -0.05) is 12.1 Å². The Bertz CT molecular complexity index is 857. The van der Waals surface area contributed by atoms with E-state index in [-0.39, 0.29) is 5.97 Å². The van der Waals surface area contributed by atoms with E-state index in [2.05, 4.69) is 17.4 Å². The third kappa shape index (κ3) is 4.25. The SMILES string of the molecule is CCOc1ccc(-c2ccc3c(c2)C=C(C(=O)OC)CCN3)cc1OCC. The summed E-state index contributed by atoms with van der Waals surface area (Å²) in [4.78, 5) is 12.0. The minimum absolute atomic E-state index is 0.283. The number of rotatable bonds is 6. The summed E-state index contributed by atoms with van der Waals surface area (Å²) in [5, 5.41) is 3.37. The van der Waals surface area contributed by atoms with E-state index >= 15 is 0 Å². The Hall–Kier alpha value is -2.95. The van der Waals surface area contributed by atoms with Gasteiger partial charge in [0.15, 0.2) is 11.5 Å². The Morgan fingerprint density at radius 1 is 1.00 bits per heavy atom. The quantitative estimate of drug-likeness (QED) is 0.761. The van der Waals surface area contributed by atoms with E-state index in [9.17, 15) is 4.79 Å². The number of carbonyl (C=O) groups is 1. The molecule has 5 nitrogen and oxygen atoms in total. The predicted molar refractivity (Wildman–Crippen MR) is 107 cm³/mol. The number of nitrogens with one attached hydrogen (secondary N) is 1. The summed E-state index contributed by atoms with van der Waals surface area (Å²) < 4.78 is 16.3. The van der Waals surface area contributed by atoms with Crippen LogP contribution >= 0.6 is 0 Å². The first kappa shape index (κ1) is 18.8. The number of esters is 1. The Balaban J connectivity index is 2.00. The number of anilines is 1. The molecule has 27 heavy (non-hydrogen) atoms. The lowest BCUT2D eigenvalue weighted by Crippen LogP contribution is -2.07. The molecule has 0 aliphatic carbocycles. The van der Waals surface area contributed by atoms with Crippen molar-refractivity contribution in [3.63, 3.8) is 0 Å². The highest BCUT2D eigenvalue weighted by molar-refractivity contribution is 5.95. The summed E-state index contributed by atoms with van der Waals surface area (Å²) in [6.45, 7) is 5.77. The first-order valence-electron chi connectivity index (χ1n) is 9.23. The summed E-state index contributed by atoms with van der Waals surface area (Å²) in [6, 6.07) is 12.1. The molecule has 5 heteroatoms. The second-order valence-corrected chi connectivity index (χ2v) is 6.17. The number of hydrogen-bond acceptors (Lipinski definition) is 5. The molecule has 1 N–H and O–H groups in total. The van der Waals surface area contributed by atoms with Gasteiger partial charge in [-0.3, -0.25) is 0 Å². The van der Waals surface area contributed by atoms with Crippen LogP contribution in [0.3, 0.4) is 0 Å². The van der Waals surface area contributed by atoms with Crippen LogP contribution in [0.4, 0.5) is 5.69 Å². The normalized spacial score (nSPS) is 12.9. The first-order chi connectivity index (χ1) is 13.2. The second-order valence-electron chi connectivity index (χ2n) is 6.17. The smallest absolute Gasteiger partial charge is 0.333 e. The van der Waals surface area contributed by atoms with Crippen molar-refractivity contribution >= 4 is 17.7 Å². The van der Waals surface area contributed by atoms with Gasteiger partial charge >= 0.3 is 5.97 Å². The van der Waals surface area contributed by atoms with Crippen LogP contribution in [-0.4, -0.2) is 32.8 Å². The zero-order chi connectivity index (χ0) is 19.2. The zero-order valence-electron chi connectivity index (χ0n) is 16.0. The van der Waals surface area contributed by atoms with Crippen molar-refractivity contribution in [2.45, 2.75) is 20.3 Å². The van der Waals surface area contributed by atoms with Gasteiger partial charge in [0.25, 0.3) is 0 Å². The molecule has 0 bridgehead atoms. The second kappa shape index (κ2) is 8.62. The maximum Gasteiger partial charge on any atom is 0.333 e. The van der Waals surface area contributed by atoms with Gasteiger partial charge < -0.3 is 19.5 Å². The number of fused-ring (bicyclic) bond motifs is 1. The molecule has 3 rings (SSSR count). The Kier molecular flexibility index (Phi) is 6.01. The Labute approximate surface area is 159 Å². The Morgan fingerprint density at radius 2 is 1.70 bits per heavy atom. The van der Waals surface area contributed by atoms with E-state index in [4.69, 9.17) is 14.2 Å². The fourth-order valence-electron chi connectivity index (χ4n) is 3.14. The monoisotopic (exact) mass is 367 g/mol. The molecule has 1 heterocycles. The van der Waals surface area contributed by atoms with Crippen molar-refractivity contribution in [3.8, 4) is 22.6 Å². The van der Waals surface area contributed by atoms with E-state index in [1.54, 1.807) is 0 Å².